The van der Waals surface area contributed by atoms with Gasteiger partial charge in [0.1, 0.15) is 0 Å². The van der Waals surface area contributed by atoms with Gasteiger partial charge in [0.25, 0.3) is 0 Å². The van der Waals surface area contributed by atoms with Crippen LogP contribution in [0.4, 0.5) is 0 Å². The fraction of sp³-hybridized carbons (Fsp3) is 1.00. The first-order chi connectivity index (χ1) is 8.70. The number of nitrogens with one attached hydrogen (secondary N) is 1. The Morgan fingerprint density at radius 2 is 1.83 bits per heavy atom. The highest BCUT2D eigenvalue weighted by atomic mass is 32.2. The van der Waals surface area contributed by atoms with Crippen molar-refractivity contribution in [1.29, 1.82) is 0 Å². The first-order valence-corrected chi connectivity index (χ1v) is 9.64. The summed E-state index contributed by atoms with van der Waals surface area (Å²) >= 11 is 4.41. The second kappa shape index (κ2) is 7.44. The Hall–Kier alpha value is 0.660. The molecule has 1 nitrogen and oxygen atoms in total. The van der Waals surface area contributed by atoms with Gasteiger partial charge in [0.15, 0.2) is 0 Å². The Bertz CT molecular complexity index is 241. The van der Waals surface area contributed by atoms with Gasteiger partial charge in [-0.1, -0.05) is 46.0 Å². The number of hydrogen-bond donors (Lipinski definition) is 1. The van der Waals surface area contributed by atoms with Crippen LogP contribution in [0, 0.1) is 5.92 Å². The van der Waals surface area contributed by atoms with Crippen LogP contribution in [0.2, 0.25) is 0 Å². The molecule has 0 spiro atoms. The van der Waals surface area contributed by atoms with Crippen LogP contribution >= 0.6 is 23.5 Å². The van der Waals surface area contributed by atoms with E-state index in [2.05, 4.69) is 49.7 Å². The first kappa shape index (κ1) is 15.1. The normalized spacial score (nSPS) is 36.5. The van der Waals surface area contributed by atoms with Gasteiger partial charge in [-0.2, -0.15) is 23.5 Å². The summed E-state index contributed by atoms with van der Waals surface area (Å²) in [6.45, 7) is 4.79. The minimum Gasteiger partial charge on any atom is -0.316 e. The zero-order valence-electron chi connectivity index (χ0n) is 12.2. The summed E-state index contributed by atoms with van der Waals surface area (Å²) in [5.74, 6) is 2.34. The Balaban J connectivity index is 1.83. The molecule has 0 aromatic carbocycles. The molecule has 2 aliphatic rings. The average molecular weight is 288 g/mol. The van der Waals surface area contributed by atoms with Crippen molar-refractivity contribution in [3.8, 4) is 0 Å². The lowest BCUT2D eigenvalue weighted by Crippen LogP contribution is -2.43. The van der Waals surface area contributed by atoms with Gasteiger partial charge in [-0.3, -0.25) is 0 Å². The van der Waals surface area contributed by atoms with E-state index in [0.29, 0.717) is 0 Å². The van der Waals surface area contributed by atoms with Gasteiger partial charge >= 0.3 is 0 Å². The smallest absolute Gasteiger partial charge is 0.0294 e. The lowest BCUT2D eigenvalue weighted by Gasteiger charge is -2.37. The van der Waals surface area contributed by atoms with Gasteiger partial charge in [-0.15, -0.1) is 0 Å². The number of rotatable bonds is 4. The molecular weight excluding hydrogens is 258 g/mol. The van der Waals surface area contributed by atoms with Crippen molar-refractivity contribution in [2.24, 2.45) is 5.92 Å². The highest BCUT2D eigenvalue weighted by Gasteiger charge is 2.31. The average Bonchev–Trinajstić information content (AvgIpc) is 2.40. The van der Waals surface area contributed by atoms with E-state index in [0.717, 1.165) is 27.7 Å². The fourth-order valence-electron chi connectivity index (χ4n) is 3.26. The van der Waals surface area contributed by atoms with Crippen LogP contribution in [0.1, 0.15) is 52.4 Å². The molecule has 2 rings (SSSR count). The topological polar surface area (TPSA) is 12.0 Å². The molecule has 0 aromatic heterocycles. The van der Waals surface area contributed by atoms with Crippen LogP contribution < -0.4 is 5.32 Å². The summed E-state index contributed by atoms with van der Waals surface area (Å²) < 4.78 is 0. The third kappa shape index (κ3) is 4.08. The minimum atomic E-state index is 0.737. The molecule has 4 atom stereocenters. The lowest BCUT2D eigenvalue weighted by molar-refractivity contribution is 0.303. The lowest BCUT2D eigenvalue weighted by atomic mass is 9.84. The number of hydrogen-bond acceptors (Lipinski definition) is 3. The SMILES string of the molecule is CNC(CC1CCCCC1)C1CSC(C)C(C)S1. The minimum absolute atomic E-state index is 0.737. The van der Waals surface area contributed by atoms with Crippen molar-refractivity contribution >= 4 is 23.5 Å². The molecular formula is C15H29NS2. The summed E-state index contributed by atoms with van der Waals surface area (Å²) in [6.07, 6.45) is 8.80. The van der Waals surface area contributed by atoms with E-state index >= 15 is 0 Å². The second-order valence-corrected chi connectivity index (χ2v) is 9.08. The molecule has 1 heterocycles. The molecule has 1 aliphatic carbocycles. The Morgan fingerprint density at radius 1 is 1.11 bits per heavy atom. The van der Waals surface area contributed by atoms with Crippen LogP contribution in [0.3, 0.4) is 0 Å². The highest BCUT2D eigenvalue weighted by Crippen LogP contribution is 2.39. The summed E-state index contributed by atoms with van der Waals surface area (Å²) in [4.78, 5) is 0. The molecule has 0 bridgehead atoms. The fourth-order valence-corrected chi connectivity index (χ4v) is 6.44. The third-order valence-corrected chi connectivity index (χ3v) is 8.26. The van der Waals surface area contributed by atoms with E-state index in [9.17, 15) is 0 Å². The third-order valence-electron chi connectivity index (χ3n) is 4.71. The van der Waals surface area contributed by atoms with Crippen molar-refractivity contribution < 1.29 is 0 Å². The van der Waals surface area contributed by atoms with Crippen LogP contribution in [0.25, 0.3) is 0 Å². The summed E-state index contributed by atoms with van der Waals surface area (Å²) in [7, 11) is 2.17. The molecule has 1 N–H and O–H groups in total. The Labute approximate surface area is 122 Å². The van der Waals surface area contributed by atoms with Crippen LogP contribution in [0.15, 0.2) is 0 Å². The molecule has 1 aliphatic heterocycles. The second-order valence-electron chi connectivity index (χ2n) is 6.05. The zero-order valence-corrected chi connectivity index (χ0v) is 13.8. The van der Waals surface area contributed by atoms with E-state index in [1.165, 1.54) is 44.3 Å². The van der Waals surface area contributed by atoms with Gasteiger partial charge in [0.05, 0.1) is 0 Å². The number of thioether (sulfide) groups is 2. The zero-order chi connectivity index (χ0) is 13.0. The van der Waals surface area contributed by atoms with Crippen LogP contribution in [-0.4, -0.2) is 34.6 Å². The largest absolute Gasteiger partial charge is 0.316 e. The van der Waals surface area contributed by atoms with Crippen molar-refractivity contribution in [3.05, 3.63) is 0 Å². The molecule has 106 valence electrons. The predicted molar refractivity (Wildman–Crippen MR) is 86.8 cm³/mol. The van der Waals surface area contributed by atoms with Crippen LogP contribution in [0.5, 0.6) is 0 Å². The van der Waals surface area contributed by atoms with Gasteiger partial charge < -0.3 is 5.32 Å². The van der Waals surface area contributed by atoms with E-state index in [4.69, 9.17) is 0 Å². The van der Waals surface area contributed by atoms with Gasteiger partial charge in [0, 0.05) is 27.5 Å². The van der Waals surface area contributed by atoms with Crippen molar-refractivity contribution in [1.82, 2.24) is 5.32 Å². The van der Waals surface area contributed by atoms with Crippen molar-refractivity contribution in [2.45, 2.75) is 74.2 Å². The highest BCUT2D eigenvalue weighted by molar-refractivity contribution is 8.07. The van der Waals surface area contributed by atoms with Crippen molar-refractivity contribution in [2.75, 3.05) is 12.8 Å². The van der Waals surface area contributed by atoms with E-state index < -0.39 is 0 Å². The maximum atomic E-state index is 3.62. The molecule has 1 saturated carbocycles. The summed E-state index contributed by atoms with van der Waals surface area (Å²) in [5.41, 5.74) is 0. The Kier molecular flexibility index (Phi) is 6.23. The molecule has 4 unspecified atom stereocenters. The maximum Gasteiger partial charge on any atom is 0.0294 e. The van der Waals surface area contributed by atoms with Crippen LogP contribution in [-0.2, 0) is 0 Å². The predicted octanol–water partition coefficient (Wildman–Crippen LogP) is 4.17. The van der Waals surface area contributed by atoms with E-state index in [1.54, 1.807) is 0 Å². The maximum absolute atomic E-state index is 3.62. The molecule has 0 aromatic rings. The standard InChI is InChI=1S/C15H29NS2/c1-11-12(2)18-15(10-17-11)14(16-3)9-13-7-5-4-6-8-13/h11-16H,4-10H2,1-3H3. The molecule has 2 fully saturated rings. The molecule has 0 radical (unpaired) electrons. The van der Waals surface area contributed by atoms with E-state index in [1.807, 2.05) is 0 Å². The summed E-state index contributed by atoms with van der Waals surface area (Å²) in [6, 6.07) is 0.737. The molecule has 0 amide bonds. The van der Waals surface area contributed by atoms with E-state index in [-0.39, 0.29) is 0 Å². The summed E-state index contributed by atoms with van der Waals surface area (Å²) in [5, 5.41) is 6.09. The van der Waals surface area contributed by atoms with Gasteiger partial charge in [-0.25, -0.2) is 0 Å². The van der Waals surface area contributed by atoms with Gasteiger partial charge in [0.2, 0.25) is 0 Å². The monoisotopic (exact) mass is 287 g/mol. The molecule has 3 heteroatoms. The quantitative estimate of drug-likeness (QED) is 0.833. The van der Waals surface area contributed by atoms with Gasteiger partial charge in [-0.05, 0) is 19.4 Å². The Morgan fingerprint density at radius 3 is 2.44 bits per heavy atom. The first-order valence-electron chi connectivity index (χ1n) is 7.65. The molecule has 1 saturated heterocycles. The molecule has 18 heavy (non-hydrogen) atoms. The van der Waals surface area contributed by atoms with Crippen molar-refractivity contribution in [3.63, 3.8) is 0 Å².